The molecule has 1 atom stereocenters. The molecule has 3 nitrogen and oxygen atoms in total. The van der Waals surface area contributed by atoms with Gasteiger partial charge < -0.3 is 14.8 Å². The van der Waals surface area contributed by atoms with Crippen LogP contribution in [0.25, 0.3) is 0 Å². The van der Waals surface area contributed by atoms with Gasteiger partial charge in [0.15, 0.2) is 11.5 Å². The molecule has 1 rings (SSSR count). The number of hydrogen-bond acceptors (Lipinski definition) is 3. The molecule has 20 heavy (non-hydrogen) atoms. The van der Waals surface area contributed by atoms with E-state index in [1.807, 2.05) is 31.2 Å². The summed E-state index contributed by atoms with van der Waals surface area (Å²) in [6, 6.07) is 7.85. The van der Waals surface area contributed by atoms with Crippen LogP contribution in [0.5, 0.6) is 11.5 Å². The summed E-state index contributed by atoms with van der Waals surface area (Å²) in [7, 11) is 0. The van der Waals surface area contributed by atoms with Crippen LogP contribution in [0.1, 0.15) is 41.0 Å². The van der Waals surface area contributed by atoms with Crippen molar-refractivity contribution in [3.05, 3.63) is 24.3 Å². The number of benzene rings is 1. The normalized spacial score (nSPS) is 13.1. The molecular weight excluding hydrogens is 250 g/mol. The third kappa shape index (κ3) is 6.80. The van der Waals surface area contributed by atoms with Crippen molar-refractivity contribution in [2.45, 2.75) is 46.6 Å². The molecular formula is C17H29NO2. The second kappa shape index (κ2) is 8.15. The topological polar surface area (TPSA) is 30.5 Å². The van der Waals surface area contributed by atoms with Gasteiger partial charge in [-0.1, -0.05) is 19.1 Å². The van der Waals surface area contributed by atoms with Gasteiger partial charge in [0.2, 0.25) is 0 Å². The fourth-order valence-corrected chi connectivity index (χ4v) is 1.80. The van der Waals surface area contributed by atoms with Crippen molar-refractivity contribution >= 4 is 0 Å². The Morgan fingerprint density at radius 1 is 1.10 bits per heavy atom. The van der Waals surface area contributed by atoms with E-state index in [2.05, 4.69) is 33.0 Å². The molecule has 0 aliphatic carbocycles. The van der Waals surface area contributed by atoms with Gasteiger partial charge in [-0.15, -0.1) is 0 Å². The number of hydrogen-bond donors (Lipinski definition) is 1. The van der Waals surface area contributed by atoms with Crippen molar-refractivity contribution in [2.24, 2.45) is 5.92 Å². The summed E-state index contributed by atoms with van der Waals surface area (Å²) in [5, 5.41) is 3.52. The highest BCUT2D eigenvalue weighted by Crippen LogP contribution is 2.26. The van der Waals surface area contributed by atoms with E-state index in [1.54, 1.807) is 0 Å². The van der Waals surface area contributed by atoms with Crippen LogP contribution in [-0.4, -0.2) is 25.3 Å². The number of nitrogens with one attached hydrogen (secondary N) is 1. The van der Waals surface area contributed by atoms with Crippen molar-refractivity contribution in [2.75, 3.05) is 19.8 Å². The minimum absolute atomic E-state index is 0.177. The van der Waals surface area contributed by atoms with Crippen LogP contribution < -0.4 is 14.8 Å². The third-order valence-electron chi connectivity index (χ3n) is 3.00. The molecule has 0 saturated carbocycles. The van der Waals surface area contributed by atoms with Crippen molar-refractivity contribution in [3.8, 4) is 11.5 Å². The number of para-hydroxylation sites is 2. The number of ether oxygens (including phenoxy) is 2. The summed E-state index contributed by atoms with van der Waals surface area (Å²) >= 11 is 0. The molecule has 0 heterocycles. The van der Waals surface area contributed by atoms with Crippen molar-refractivity contribution in [3.63, 3.8) is 0 Å². The molecule has 114 valence electrons. The molecule has 3 heteroatoms. The van der Waals surface area contributed by atoms with E-state index in [1.165, 1.54) is 0 Å². The van der Waals surface area contributed by atoms with Crippen LogP contribution >= 0.6 is 0 Å². The average molecular weight is 279 g/mol. The Hall–Kier alpha value is -1.22. The fourth-order valence-electron chi connectivity index (χ4n) is 1.80. The number of rotatable bonds is 8. The van der Waals surface area contributed by atoms with E-state index in [-0.39, 0.29) is 5.54 Å². The van der Waals surface area contributed by atoms with Gasteiger partial charge in [-0.25, -0.2) is 0 Å². The monoisotopic (exact) mass is 279 g/mol. The molecule has 0 amide bonds. The van der Waals surface area contributed by atoms with E-state index in [4.69, 9.17) is 9.47 Å². The summed E-state index contributed by atoms with van der Waals surface area (Å²) in [5.41, 5.74) is 0.177. The highest BCUT2D eigenvalue weighted by atomic mass is 16.5. The van der Waals surface area contributed by atoms with Gasteiger partial charge in [-0.3, -0.25) is 0 Å². The maximum absolute atomic E-state index is 5.84. The first-order chi connectivity index (χ1) is 9.42. The maximum Gasteiger partial charge on any atom is 0.161 e. The van der Waals surface area contributed by atoms with Gasteiger partial charge in [0, 0.05) is 5.54 Å². The zero-order valence-corrected chi connectivity index (χ0v) is 13.5. The van der Waals surface area contributed by atoms with Crippen LogP contribution in [0.2, 0.25) is 0 Å². The first-order valence-electron chi connectivity index (χ1n) is 7.52. The maximum atomic E-state index is 5.84. The Kier molecular flexibility index (Phi) is 6.86. The van der Waals surface area contributed by atoms with Crippen molar-refractivity contribution in [1.82, 2.24) is 5.32 Å². The molecule has 0 bridgehead atoms. The predicted octanol–water partition coefficient (Wildman–Crippen LogP) is 3.88. The molecule has 0 spiro atoms. The highest BCUT2D eigenvalue weighted by molar-refractivity contribution is 5.39. The van der Waals surface area contributed by atoms with E-state index < -0.39 is 0 Å². The Bertz CT molecular complexity index is 385. The second-order valence-electron chi connectivity index (χ2n) is 6.25. The summed E-state index contributed by atoms with van der Waals surface area (Å²) in [6.45, 7) is 13.2. The molecule has 0 fully saturated rings. The molecule has 1 unspecified atom stereocenters. The lowest BCUT2D eigenvalue weighted by Gasteiger charge is -2.23. The molecule has 0 saturated heterocycles. The smallest absolute Gasteiger partial charge is 0.161 e. The van der Waals surface area contributed by atoms with Crippen LogP contribution in [0.4, 0.5) is 0 Å². The van der Waals surface area contributed by atoms with Gasteiger partial charge in [-0.2, -0.15) is 0 Å². The van der Waals surface area contributed by atoms with Gasteiger partial charge in [-0.05, 0) is 58.7 Å². The van der Waals surface area contributed by atoms with Crippen LogP contribution in [0.15, 0.2) is 24.3 Å². The second-order valence-corrected chi connectivity index (χ2v) is 6.25. The van der Waals surface area contributed by atoms with Crippen molar-refractivity contribution < 1.29 is 9.47 Å². The first kappa shape index (κ1) is 16.8. The van der Waals surface area contributed by atoms with Crippen LogP contribution in [0, 0.1) is 5.92 Å². The summed E-state index contributed by atoms with van der Waals surface area (Å²) in [5.74, 6) is 2.26. The summed E-state index contributed by atoms with van der Waals surface area (Å²) < 4.78 is 11.4. The minimum Gasteiger partial charge on any atom is -0.490 e. The third-order valence-corrected chi connectivity index (χ3v) is 3.00. The van der Waals surface area contributed by atoms with E-state index in [9.17, 15) is 0 Å². The largest absolute Gasteiger partial charge is 0.490 e. The van der Waals surface area contributed by atoms with E-state index >= 15 is 0 Å². The highest BCUT2D eigenvalue weighted by Gasteiger charge is 2.11. The standard InChI is InChI=1S/C17H29NO2/c1-6-19-15-9-7-8-10-16(15)20-12-11-14(2)13-18-17(3,4)5/h7-10,14,18H,6,11-13H2,1-5H3. The molecule has 0 aliphatic heterocycles. The molecule has 1 N–H and O–H groups in total. The molecule has 1 aromatic carbocycles. The Morgan fingerprint density at radius 3 is 2.25 bits per heavy atom. The molecule has 0 aromatic heterocycles. The predicted molar refractivity (Wildman–Crippen MR) is 84.6 cm³/mol. The molecule has 1 aromatic rings. The fraction of sp³-hybridized carbons (Fsp3) is 0.647. The lowest BCUT2D eigenvalue weighted by molar-refractivity contribution is 0.252. The minimum atomic E-state index is 0.177. The van der Waals surface area contributed by atoms with Crippen LogP contribution in [0.3, 0.4) is 0 Å². The van der Waals surface area contributed by atoms with Gasteiger partial charge in [0.05, 0.1) is 13.2 Å². The summed E-state index contributed by atoms with van der Waals surface area (Å²) in [6.07, 6.45) is 1.03. The SMILES string of the molecule is CCOc1ccccc1OCCC(C)CNC(C)(C)C. The quantitative estimate of drug-likeness (QED) is 0.783. The average Bonchev–Trinajstić information content (AvgIpc) is 2.38. The summed E-state index contributed by atoms with van der Waals surface area (Å²) in [4.78, 5) is 0. The van der Waals surface area contributed by atoms with E-state index in [0.717, 1.165) is 31.1 Å². The zero-order valence-electron chi connectivity index (χ0n) is 13.5. The Morgan fingerprint density at radius 2 is 1.70 bits per heavy atom. The van der Waals surface area contributed by atoms with Gasteiger partial charge >= 0.3 is 0 Å². The van der Waals surface area contributed by atoms with Gasteiger partial charge in [0.25, 0.3) is 0 Å². The first-order valence-corrected chi connectivity index (χ1v) is 7.52. The molecule has 0 radical (unpaired) electrons. The van der Waals surface area contributed by atoms with Crippen LogP contribution in [-0.2, 0) is 0 Å². The zero-order chi connectivity index (χ0) is 15.0. The van der Waals surface area contributed by atoms with Crippen molar-refractivity contribution in [1.29, 1.82) is 0 Å². The Labute approximate surface area is 123 Å². The lowest BCUT2D eigenvalue weighted by Crippen LogP contribution is -2.38. The van der Waals surface area contributed by atoms with Gasteiger partial charge in [0.1, 0.15) is 0 Å². The lowest BCUT2D eigenvalue weighted by atomic mass is 10.0. The Balaban J connectivity index is 2.33. The molecule has 0 aliphatic rings. The van der Waals surface area contributed by atoms with E-state index in [0.29, 0.717) is 12.5 Å².